The number of nitrogens with zero attached hydrogens (tertiary/aromatic N) is 1. The highest BCUT2D eigenvalue weighted by molar-refractivity contribution is 5.94. The van der Waals surface area contributed by atoms with Gasteiger partial charge >= 0.3 is 0 Å². The number of rotatable bonds is 7. The normalized spacial score (nSPS) is 18.8. The molecule has 0 spiro atoms. The third-order valence-electron chi connectivity index (χ3n) is 5.42. The minimum absolute atomic E-state index is 0.0776. The summed E-state index contributed by atoms with van der Waals surface area (Å²) >= 11 is 0. The van der Waals surface area contributed by atoms with E-state index < -0.39 is 0 Å². The fourth-order valence-corrected chi connectivity index (χ4v) is 3.89. The summed E-state index contributed by atoms with van der Waals surface area (Å²) in [5.41, 5.74) is 1.53. The zero-order chi connectivity index (χ0) is 21.5. The van der Waals surface area contributed by atoms with Gasteiger partial charge in [-0.3, -0.25) is 9.59 Å². The van der Waals surface area contributed by atoms with Crippen LogP contribution in [0, 0.1) is 5.82 Å². The first-order valence-electron chi connectivity index (χ1n) is 10.5. The summed E-state index contributed by atoms with van der Waals surface area (Å²) in [7, 11) is 0. The molecule has 1 aliphatic rings. The number of benzene rings is 2. The smallest absolute Gasteiger partial charge is 0.282 e. The third-order valence-corrected chi connectivity index (χ3v) is 5.42. The van der Waals surface area contributed by atoms with E-state index in [0.717, 1.165) is 31.9 Å². The van der Waals surface area contributed by atoms with Gasteiger partial charge in [0, 0.05) is 17.4 Å². The molecule has 1 heterocycles. The maximum absolute atomic E-state index is 13.0. The van der Waals surface area contributed by atoms with Crippen LogP contribution in [0.3, 0.4) is 0 Å². The molecule has 0 atom stereocenters. The van der Waals surface area contributed by atoms with E-state index in [1.165, 1.54) is 21.9 Å². The minimum atomic E-state index is -0.324. The van der Waals surface area contributed by atoms with E-state index in [-0.39, 0.29) is 23.7 Å². The quantitative estimate of drug-likeness (QED) is 0.597. The second-order valence-electron chi connectivity index (χ2n) is 8.10. The standard InChI is InChI=1S/C23H29FN4O2/c1-18(2)28(21-6-4-3-5-7-21)23(30)17-27-14-12-26(13-15-27)16-22(29)25-20-10-8-19(24)9-11-20/h3-11,18H,12-17H2,1-2H3,(H,25,29)/p+2. The molecule has 1 aliphatic heterocycles. The summed E-state index contributed by atoms with van der Waals surface area (Å²) in [6.45, 7) is 8.28. The SMILES string of the molecule is CC(C)N(C(=O)C[NH+]1CC[NH+](CC(=O)Nc2ccc(F)cc2)CC1)c1ccccc1. The molecule has 3 N–H and O–H groups in total. The Labute approximate surface area is 177 Å². The van der Waals surface area contributed by atoms with Gasteiger partial charge in [0.2, 0.25) is 0 Å². The second-order valence-corrected chi connectivity index (χ2v) is 8.10. The maximum Gasteiger partial charge on any atom is 0.282 e. The number of carbonyl (C=O) groups excluding carboxylic acids is 2. The van der Waals surface area contributed by atoms with Crippen molar-refractivity contribution in [3.63, 3.8) is 0 Å². The van der Waals surface area contributed by atoms with Gasteiger partial charge in [0.1, 0.15) is 32.0 Å². The van der Waals surface area contributed by atoms with Crippen LogP contribution < -0.4 is 20.0 Å². The highest BCUT2D eigenvalue weighted by Crippen LogP contribution is 2.16. The molecule has 0 aromatic heterocycles. The summed E-state index contributed by atoms with van der Waals surface area (Å²) in [5.74, 6) is -0.273. The van der Waals surface area contributed by atoms with E-state index in [1.807, 2.05) is 49.1 Å². The third kappa shape index (κ3) is 6.11. The van der Waals surface area contributed by atoms with Crippen molar-refractivity contribution in [1.82, 2.24) is 0 Å². The fraction of sp³-hybridized carbons (Fsp3) is 0.391. The lowest BCUT2D eigenvalue weighted by atomic mass is 10.2. The van der Waals surface area contributed by atoms with Crippen molar-refractivity contribution < 1.29 is 23.8 Å². The Morgan fingerprint density at radius 3 is 2.07 bits per heavy atom. The van der Waals surface area contributed by atoms with Crippen LogP contribution in [0.1, 0.15) is 13.8 Å². The van der Waals surface area contributed by atoms with E-state index in [2.05, 4.69) is 5.32 Å². The maximum atomic E-state index is 13.0. The number of piperazine rings is 1. The minimum Gasteiger partial charge on any atom is -0.321 e. The second kappa shape index (κ2) is 10.3. The molecule has 30 heavy (non-hydrogen) atoms. The Kier molecular flexibility index (Phi) is 7.54. The van der Waals surface area contributed by atoms with Gasteiger partial charge in [-0.15, -0.1) is 0 Å². The number of quaternary nitrogens is 2. The molecule has 0 bridgehead atoms. The zero-order valence-corrected chi connectivity index (χ0v) is 17.7. The van der Waals surface area contributed by atoms with Crippen LogP contribution >= 0.6 is 0 Å². The molecule has 2 amide bonds. The first-order valence-corrected chi connectivity index (χ1v) is 10.5. The van der Waals surface area contributed by atoms with Crippen LogP contribution in [0.25, 0.3) is 0 Å². The van der Waals surface area contributed by atoms with Gasteiger partial charge < -0.3 is 20.0 Å². The molecule has 1 fully saturated rings. The van der Waals surface area contributed by atoms with Gasteiger partial charge in [-0.1, -0.05) is 18.2 Å². The predicted molar refractivity (Wildman–Crippen MR) is 115 cm³/mol. The first kappa shape index (κ1) is 21.9. The molecule has 160 valence electrons. The van der Waals surface area contributed by atoms with Crippen LogP contribution in [0.5, 0.6) is 0 Å². The van der Waals surface area contributed by atoms with Crippen molar-refractivity contribution >= 4 is 23.2 Å². The highest BCUT2D eigenvalue weighted by atomic mass is 19.1. The molecule has 0 radical (unpaired) electrons. The monoisotopic (exact) mass is 414 g/mol. The summed E-state index contributed by atoms with van der Waals surface area (Å²) in [6, 6.07) is 15.7. The Morgan fingerprint density at radius 2 is 1.50 bits per heavy atom. The van der Waals surface area contributed by atoms with Crippen molar-refractivity contribution in [2.75, 3.05) is 49.5 Å². The van der Waals surface area contributed by atoms with E-state index in [1.54, 1.807) is 12.1 Å². The molecule has 3 rings (SSSR count). The Balaban J connectivity index is 1.46. The number of anilines is 2. The number of nitrogens with one attached hydrogen (secondary N) is 3. The average Bonchev–Trinajstić information content (AvgIpc) is 2.72. The lowest BCUT2D eigenvalue weighted by molar-refractivity contribution is -1.00. The number of halogens is 1. The Bertz CT molecular complexity index is 834. The molecule has 1 saturated heterocycles. The molecule has 2 aromatic rings. The zero-order valence-electron chi connectivity index (χ0n) is 17.7. The number of amides is 2. The fourth-order valence-electron chi connectivity index (χ4n) is 3.89. The number of hydrogen-bond donors (Lipinski definition) is 3. The predicted octanol–water partition coefficient (Wildman–Crippen LogP) is -0.0108. The Morgan fingerprint density at radius 1 is 0.933 bits per heavy atom. The highest BCUT2D eigenvalue weighted by Gasteiger charge is 2.29. The summed E-state index contributed by atoms with van der Waals surface area (Å²) < 4.78 is 13.0. The molecular formula is C23H31FN4O2+2. The first-order chi connectivity index (χ1) is 14.4. The summed E-state index contributed by atoms with van der Waals surface area (Å²) in [5, 5.41) is 2.81. The van der Waals surface area contributed by atoms with Crippen LogP contribution in [0.15, 0.2) is 54.6 Å². The van der Waals surface area contributed by atoms with E-state index in [4.69, 9.17) is 0 Å². The molecule has 2 aromatic carbocycles. The van der Waals surface area contributed by atoms with Crippen LogP contribution in [-0.2, 0) is 9.59 Å². The van der Waals surface area contributed by atoms with E-state index in [9.17, 15) is 14.0 Å². The van der Waals surface area contributed by atoms with Gasteiger partial charge in [-0.05, 0) is 50.2 Å². The molecule has 0 aliphatic carbocycles. The lowest BCUT2D eigenvalue weighted by Gasteiger charge is -2.32. The number of carbonyl (C=O) groups is 2. The summed E-state index contributed by atoms with van der Waals surface area (Å²) in [4.78, 5) is 29.5. The van der Waals surface area contributed by atoms with Crippen molar-refractivity contribution in [3.05, 3.63) is 60.4 Å². The van der Waals surface area contributed by atoms with Gasteiger partial charge in [0.05, 0.1) is 0 Å². The van der Waals surface area contributed by atoms with Crippen LogP contribution in [0.4, 0.5) is 15.8 Å². The number of hydrogen-bond acceptors (Lipinski definition) is 2. The lowest BCUT2D eigenvalue weighted by Crippen LogP contribution is -3.28. The van der Waals surface area contributed by atoms with Crippen LogP contribution in [-0.4, -0.2) is 57.1 Å². The molecule has 6 nitrogen and oxygen atoms in total. The van der Waals surface area contributed by atoms with Gasteiger partial charge in [-0.2, -0.15) is 0 Å². The molecule has 0 saturated carbocycles. The number of para-hydroxylation sites is 1. The topological polar surface area (TPSA) is 58.3 Å². The van der Waals surface area contributed by atoms with Gasteiger partial charge in [0.25, 0.3) is 11.8 Å². The molecular weight excluding hydrogens is 383 g/mol. The average molecular weight is 415 g/mol. The van der Waals surface area contributed by atoms with E-state index >= 15 is 0 Å². The van der Waals surface area contributed by atoms with E-state index in [0.29, 0.717) is 18.8 Å². The van der Waals surface area contributed by atoms with Gasteiger partial charge in [-0.25, -0.2) is 4.39 Å². The van der Waals surface area contributed by atoms with Crippen LogP contribution in [0.2, 0.25) is 0 Å². The molecule has 0 unspecified atom stereocenters. The Hall–Kier alpha value is -2.77. The summed E-state index contributed by atoms with van der Waals surface area (Å²) in [6.07, 6.45) is 0. The van der Waals surface area contributed by atoms with Crippen molar-refractivity contribution in [2.45, 2.75) is 19.9 Å². The largest absolute Gasteiger partial charge is 0.321 e. The molecule has 7 heteroatoms. The van der Waals surface area contributed by atoms with Crippen molar-refractivity contribution in [2.24, 2.45) is 0 Å². The van der Waals surface area contributed by atoms with Crippen molar-refractivity contribution in [3.8, 4) is 0 Å². The van der Waals surface area contributed by atoms with Gasteiger partial charge in [0.15, 0.2) is 13.1 Å². The van der Waals surface area contributed by atoms with Crippen molar-refractivity contribution in [1.29, 1.82) is 0 Å².